The maximum absolute atomic E-state index is 12.3. The smallest absolute Gasteiger partial charge is 0.241 e. The fraction of sp³-hybridized carbons (Fsp3) is 0.167. The standard InChI is InChI=1S/C18H17BrN2O/c1-2-18(22)21-17(14-6-4-3-5-7-14)12-16(20-21)13-8-10-15(19)11-9-13/h3-12,17,20H,2H2,1H3/t17-/m1/s1. The summed E-state index contributed by atoms with van der Waals surface area (Å²) in [5.74, 6) is 0.0808. The molecular formula is C18H17BrN2O. The normalized spacial score (nSPS) is 17.1. The Bertz CT molecular complexity index is 695. The van der Waals surface area contributed by atoms with Gasteiger partial charge in [0.25, 0.3) is 0 Å². The molecule has 0 spiro atoms. The molecule has 0 radical (unpaired) electrons. The summed E-state index contributed by atoms with van der Waals surface area (Å²) in [6.45, 7) is 1.88. The molecule has 0 saturated carbocycles. The van der Waals surface area contributed by atoms with Crippen molar-refractivity contribution in [2.24, 2.45) is 0 Å². The summed E-state index contributed by atoms with van der Waals surface area (Å²) >= 11 is 3.44. The van der Waals surface area contributed by atoms with Crippen molar-refractivity contribution in [2.75, 3.05) is 0 Å². The van der Waals surface area contributed by atoms with Crippen LogP contribution in [0.3, 0.4) is 0 Å². The Labute approximate surface area is 138 Å². The van der Waals surface area contributed by atoms with E-state index in [1.54, 1.807) is 5.01 Å². The number of carbonyl (C=O) groups excluding carboxylic acids is 1. The van der Waals surface area contributed by atoms with Crippen LogP contribution in [0.5, 0.6) is 0 Å². The predicted octanol–water partition coefficient (Wildman–Crippen LogP) is 4.29. The molecule has 0 fully saturated rings. The van der Waals surface area contributed by atoms with Gasteiger partial charge in [0, 0.05) is 10.9 Å². The number of rotatable bonds is 3. The molecule has 2 aromatic rings. The average Bonchev–Trinajstić information content (AvgIpc) is 3.01. The van der Waals surface area contributed by atoms with Gasteiger partial charge in [-0.1, -0.05) is 65.3 Å². The number of hydrogen-bond donors (Lipinski definition) is 1. The van der Waals surface area contributed by atoms with Crippen LogP contribution in [0.25, 0.3) is 5.70 Å². The van der Waals surface area contributed by atoms with E-state index in [1.165, 1.54) is 0 Å². The van der Waals surface area contributed by atoms with Gasteiger partial charge in [0.1, 0.15) is 0 Å². The predicted molar refractivity (Wildman–Crippen MR) is 91.6 cm³/mol. The van der Waals surface area contributed by atoms with E-state index in [4.69, 9.17) is 0 Å². The zero-order valence-electron chi connectivity index (χ0n) is 12.3. The van der Waals surface area contributed by atoms with Gasteiger partial charge >= 0.3 is 0 Å². The minimum atomic E-state index is -0.0766. The van der Waals surface area contributed by atoms with Crippen molar-refractivity contribution >= 4 is 27.5 Å². The van der Waals surface area contributed by atoms with E-state index in [0.717, 1.165) is 21.3 Å². The van der Waals surface area contributed by atoms with Gasteiger partial charge in [-0.15, -0.1) is 0 Å². The number of carbonyl (C=O) groups is 1. The molecule has 2 aromatic carbocycles. The van der Waals surface area contributed by atoms with E-state index in [0.29, 0.717) is 6.42 Å². The third-order valence-corrected chi connectivity index (χ3v) is 4.24. The van der Waals surface area contributed by atoms with Crippen molar-refractivity contribution in [3.8, 4) is 0 Å². The molecule has 0 bridgehead atoms. The summed E-state index contributed by atoms with van der Waals surface area (Å²) in [7, 11) is 0. The first-order chi connectivity index (χ1) is 10.7. The van der Waals surface area contributed by atoms with E-state index >= 15 is 0 Å². The highest BCUT2D eigenvalue weighted by Crippen LogP contribution is 2.31. The van der Waals surface area contributed by atoms with E-state index in [2.05, 4.69) is 27.4 Å². The number of nitrogens with one attached hydrogen (secondary N) is 1. The summed E-state index contributed by atoms with van der Waals surface area (Å²) in [5.41, 5.74) is 6.38. The summed E-state index contributed by atoms with van der Waals surface area (Å²) in [6.07, 6.45) is 2.57. The number of hydrogen-bond acceptors (Lipinski definition) is 2. The van der Waals surface area contributed by atoms with Crippen LogP contribution in [0.2, 0.25) is 0 Å². The molecule has 0 aliphatic carbocycles. The van der Waals surface area contributed by atoms with Gasteiger partial charge < -0.3 is 0 Å². The Kier molecular flexibility index (Phi) is 4.29. The van der Waals surface area contributed by atoms with Crippen molar-refractivity contribution in [2.45, 2.75) is 19.4 Å². The van der Waals surface area contributed by atoms with Crippen molar-refractivity contribution in [3.05, 3.63) is 76.3 Å². The van der Waals surface area contributed by atoms with Crippen molar-refractivity contribution in [1.29, 1.82) is 0 Å². The lowest BCUT2D eigenvalue weighted by atomic mass is 10.0. The molecule has 0 aromatic heterocycles. The fourth-order valence-corrected chi connectivity index (χ4v) is 2.81. The Morgan fingerprint density at radius 1 is 1.14 bits per heavy atom. The molecule has 22 heavy (non-hydrogen) atoms. The highest BCUT2D eigenvalue weighted by atomic mass is 79.9. The molecule has 1 N–H and O–H groups in total. The number of hydrazine groups is 1. The van der Waals surface area contributed by atoms with Crippen LogP contribution in [0.15, 0.2) is 65.1 Å². The third kappa shape index (κ3) is 2.92. The van der Waals surface area contributed by atoms with E-state index in [-0.39, 0.29) is 11.9 Å². The molecule has 3 rings (SSSR count). The first-order valence-corrected chi connectivity index (χ1v) is 8.09. The van der Waals surface area contributed by atoms with E-state index < -0.39 is 0 Å². The fourth-order valence-electron chi connectivity index (χ4n) is 2.54. The van der Waals surface area contributed by atoms with E-state index in [1.807, 2.05) is 61.5 Å². The van der Waals surface area contributed by atoms with Gasteiger partial charge in [-0.25, -0.2) is 5.01 Å². The molecule has 1 aliphatic rings. The zero-order chi connectivity index (χ0) is 15.5. The number of nitrogens with zero attached hydrogens (tertiary/aromatic N) is 1. The summed E-state index contributed by atoms with van der Waals surface area (Å²) in [5, 5.41) is 1.71. The van der Waals surface area contributed by atoms with Gasteiger partial charge in [0.05, 0.1) is 11.7 Å². The lowest BCUT2D eigenvalue weighted by Crippen LogP contribution is -2.39. The first-order valence-electron chi connectivity index (χ1n) is 7.30. The Morgan fingerprint density at radius 3 is 2.45 bits per heavy atom. The summed E-state index contributed by atoms with van der Waals surface area (Å²) in [4.78, 5) is 12.3. The van der Waals surface area contributed by atoms with Crippen LogP contribution in [-0.2, 0) is 4.79 Å². The SMILES string of the molecule is CCC(=O)N1NC(c2ccc(Br)cc2)=C[C@@H]1c1ccccc1. The average molecular weight is 357 g/mol. The van der Waals surface area contributed by atoms with Crippen molar-refractivity contribution < 1.29 is 4.79 Å². The molecule has 112 valence electrons. The van der Waals surface area contributed by atoms with Crippen LogP contribution < -0.4 is 5.43 Å². The molecule has 3 nitrogen and oxygen atoms in total. The summed E-state index contributed by atoms with van der Waals surface area (Å²) < 4.78 is 1.04. The molecule has 4 heteroatoms. The molecule has 1 aliphatic heterocycles. The molecule has 0 unspecified atom stereocenters. The Morgan fingerprint density at radius 2 is 1.82 bits per heavy atom. The maximum Gasteiger partial charge on any atom is 0.241 e. The first kappa shape index (κ1) is 14.9. The monoisotopic (exact) mass is 356 g/mol. The highest BCUT2D eigenvalue weighted by molar-refractivity contribution is 9.10. The quantitative estimate of drug-likeness (QED) is 0.889. The minimum Gasteiger partial charge on any atom is -0.295 e. The van der Waals surface area contributed by atoms with Gasteiger partial charge in [0.15, 0.2) is 0 Å². The molecular weight excluding hydrogens is 340 g/mol. The number of benzene rings is 2. The maximum atomic E-state index is 12.3. The minimum absolute atomic E-state index is 0.0766. The van der Waals surface area contributed by atoms with Crippen LogP contribution in [0.1, 0.15) is 30.5 Å². The van der Waals surface area contributed by atoms with Crippen LogP contribution >= 0.6 is 15.9 Å². The highest BCUT2D eigenvalue weighted by Gasteiger charge is 2.29. The molecule has 1 heterocycles. The molecule has 0 saturated heterocycles. The number of halogens is 1. The lowest BCUT2D eigenvalue weighted by molar-refractivity contribution is -0.134. The van der Waals surface area contributed by atoms with Gasteiger partial charge in [-0.2, -0.15) is 0 Å². The van der Waals surface area contributed by atoms with Gasteiger partial charge in [-0.3, -0.25) is 10.2 Å². The second kappa shape index (κ2) is 6.36. The van der Waals surface area contributed by atoms with Crippen molar-refractivity contribution in [1.82, 2.24) is 10.4 Å². The summed E-state index contributed by atoms with van der Waals surface area (Å²) in [6, 6.07) is 18.1. The second-order valence-corrected chi connectivity index (χ2v) is 6.09. The van der Waals surface area contributed by atoms with Crippen LogP contribution in [0, 0.1) is 0 Å². The van der Waals surface area contributed by atoms with Gasteiger partial charge in [0.2, 0.25) is 5.91 Å². The molecule has 1 amide bonds. The van der Waals surface area contributed by atoms with Crippen molar-refractivity contribution in [3.63, 3.8) is 0 Å². The largest absolute Gasteiger partial charge is 0.295 e. The zero-order valence-corrected chi connectivity index (χ0v) is 13.9. The third-order valence-electron chi connectivity index (χ3n) is 3.71. The Hall–Kier alpha value is -2.07. The Balaban J connectivity index is 1.96. The topological polar surface area (TPSA) is 32.3 Å². The molecule has 1 atom stereocenters. The second-order valence-electron chi connectivity index (χ2n) is 5.17. The number of amides is 1. The van der Waals surface area contributed by atoms with Gasteiger partial charge in [-0.05, 0) is 29.3 Å². The van der Waals surface area contributed by atoms with Crippen LogP contribution in [-0.4, -0.2) is 10.9 Å². The van der Waals surface area contributed by atoms with Crippen LogP contribution in [0.4, 0.5) is 0 Å². The van der Waals surface area contributed by atoms with E-state index in [9.17, 15) is 4.79 Å². The lowest BCUT2D eigenvalue weighted by Gasteiger charge is -2.25.